The van der Waals surface area contributed by atoms with Crippen molar-refractivity contribution in [3.8, 4) is 5.75 Å². The fourth-order valence-corrected chi connectivity index (χ4v) is 4.19. The number of carboxylic acid groups (broad SMARTS) is 1. The molecular formula is C17H23N3O4S. The number of benzene rings is 1. The van der Waals surface area contributed by atoms with E-state index in [0.29, 0.717) is 12.3 Å². The summed E-state index contributed by atoms with van der Waals surface area (Å²) in [5.41, 5.74) is 0.919. The average Bonchev–Trinajstić information content (AvgIpc) is 2.61. The number of carbonyl (C=O) groups is 2. The minimum atomic E-state index is -0.958. The van der Waals surface area contributed by atoms with Crippen LogP contribution < -0.4 is 15.0 Å². The van der Waals surface area contributed by atoms with Gasteiger partial charge in [-0.2, -0.15) is 0 Å². The summed E-state index contributed by atoms with van der Waals surface area (Å²) >= 11 is 1.56. The number of likely N-dealkylation sites (tertiary alicyclic amines) is 1. The van der Waals surface area contributed by atoms with Crippen molar-refractivity contribution in [2.75, 3.05) is 43.9 Å². The molecule has 1 aromatic carbocycles. The van der Waals surface area contributed by atoms with E-state index in [2.05, 4.69) is 10.2 Å². The number of methoxy groups -OCH3 is 1. The number of fused-ring (bicyclic) bond motifs is 1. The molecule has 0 saturated carbocycles. The quantitative estimate of drug-likeness (QED) is 0.829. The maximum atomic E-state index is 12.4. The Hall–Kier alpha value is -1.93. The number of nitrogens with zero attached hydrogens (tertiary/aromatic N) is 2. The predicted octanol–water partition coefficient (Wildman–Crippen LogP) is 1.87. The molecule has 0 atom stereocenters. The molecule has 2 aliphatic heterocycles. The summed E-state index contributed by atoms with van der Waals surface area (Å²) in [7, 11) is 1.62. The molecule has 2 aliphatic rings. The monoisotopic (exact) mass is 365 g/mol. The minimum absolute atomic E-state index is 0.0340. The van der Waals surface area contributed by atoms with Crippen LogP contribution in [0.5, 0.6) is 5.75 Å². The van der Waals surface area contributed by atoms with Crippen molar-refractivity contribution in [3.05, 3.63) is 18.2 Å². The lowest BCUT2D eigenvalue weighted by Gasteiger charge is -2.35. The van der Waals surface area contributed by atoms with Crippen molar-refractivity contribution in [1.82, 2.24) is 10.2 Å². The Bertz CT molecular complexity index is 647. The zero-order valence-corrected chi connectivity index (χ0v) is 15.1. The number of amides is 2. The molecule has 2 amide bonds. The molecular weight excluding hydrogens is 342 g/mol. The van der Waals surface area contributed by atoms with E-state index in [9.17, 15) is 9.59 Å². The van der Waals surface area contributed by atoms with Gasteiger partial charge in [-0.05, 0) is 25.0 Å². The fourth-order valence-electron chi connectivity index (χ4n) is 3.27. The summed E-state index contributed by atoms with van der Waals surface area (Å²) in [6.45, 7) is 3.10. The second-order valence-corrected chi connectivity index (χ2v) is 7.25. The van der Waals surface area contributed by atoms with Crippen LogP contribution in [-0.2, 0) is 4.79 Å². The number of carbonyl (C=O) groups excluding carboxylic acids is 1. The first-order chi connectivity index (χ1) is 12.1. The van der Waals surface area contributed by atoms with Crippen LogP contribution in [0.15, 0.2) is 23.1 Å². The largest absolute Gasteiger partial charge is 0.497 e. The molecule has 1 aromatic rings. The van der Waals surface area contributed by atoms with Crippen molar-refractivity contribution in [2.45, 2.75) is 23.8 Å². The molecule has 1 fully saturated rings. The lowest BCUT2D eigenvalue weighted by molar-refractivity contribution is -0.116. The van der Waals surface area contributed by atoms with Crippen LogP contribution in [0.2, 0.25) is 0 Å². The van der Waals surface area contributed by atoms with Gasteiger partial charge in [0.1, 0.15) is 5.75 Å². The molecule has 25 heavy (non-hydrogen) atoms. The van der Waals surface area contributed by atoms with Crippen molar-refractivity contribution >= 4 is 29.4 Å². The Balaban J connectivity index is 1.58. The second-order valence-electron chi connectivity index (χ2n) is 6.23. The maximum Gasteiger partial charge on any atom is 0.404 e. The minimum Gasteiger partial charge on any atom is -0.497 e. The molecule has 3 rings (SSSR count). The van der Waals surface area contributed by atoms with Gasteiger partial charge in [-0.25, -0.2) is 4.79 Å². The number of piperidine rings is 1. The summed E-state index contributed by atoms with van der Waals surface area (Å²) in [6, 6.07) is 5.87. The van der Waals surface area contributed by atoms with Gasteiger partial charge >= 0.3 is 6.09 Å². The molecule has 0 unspecified atom stereocenters. The van der Waals surface area contributed by atoms with Crippen LogP contribution in [0.1, 0.15) is 12.8 Å². The van der Waals surface area contributed by atoms with E-state index in [-0.39, 0.29) is 11.9 Å². The summed E-state index contributed by atoms with van der Waals surface area (Å²) in [5, 5.41) is 11.3. The van der Waals surface area contributed by atoms with Crippen molar-refractivity contribution in [2.24, 2.45) is 0 Å². The maximum absolute atomic E-state index is 12.4. The first kappa shape index (κ1) is 17.9. The lowest BCUT2D eigenvalue weighted by Crippen LogP contribution is -2.47. The molecule has 8 heteroatoms. The predicted molar refractivity (Wildman–Crippen MR) is 96.7 cm³/mol. The number of rotatable bonds is 5. The van der Waals surface area contributed by atoms with Crippen LogP contribution >= 0.6 is 11.8 Å². The molecule has 7 nitrogen and oxygen atoms in total. The molecule has 0 bridgehead atoms. The van der Waals surface area contributed by atoms with Gasteiger partial charge in [0.15, 0.2) is 0 Å². The Morgan fingerprint density at radius 3 is 2.80 bits per heavy atom. The summed E-state index contributed by atoms with van der Waals surface area (Å²) < 4.78 is 5.29. The van der Waals surface area contributed by atoms with Crippen LogP contribution in [0.3, 0.4) is 0 Å². The normalized spacial score (nSPS) is 18.8. The third-order valence-electron chi connectivity index (χ3n) is 4.66. The standard InChI is InChI=1S/C17H23N3O4S/c1-24-13-2-3-15-14(10-13)20(16(21)11-25-15)9-8-19-6-4-12(5-7-19)18-17(22)23/h2-3,10,12,18H,4-9,11H2,1H3,(H,22,23). The van der Waals surface area contributed by atoms with Gasteiger partial charge in [0, 0.05) is 43.2 Å². The molecule has 1 saturated heterocycles. The van der Waals surface area contributed by atoms with E-state index >= 15 is 0 Å². The van der Waals surface area contributed by atoms with Gasteiger partial charge in [0.2, 0.25) is 5.91 Å². The highest BCUT2D eigenvalue weighted by Gasteiger charge is 2.27. The van der Waals surface area contributed by atoms with Crippen molar-refractivity contribution in [1.29, 1.82) is 0 Å². The first-order valence-corrected chi connectivity index (χ1v) is 9.38. The van der Waals surface area contributed by atoms with Crippen LogP contribution in [0.4, 0.5) is 10.5 Å². The molecule has 0 aliphatic carbocycles. The SMILES string of the molecule is COc1ccc2c(c1)N(CCN1CCC(NC(=O)O)CC1)C(=O)CS2. The Kier molecular flexibility index (Phi) is 5.70. The third kappa shape index (κ3) is 4.38. The van der Waals surface area contributed by atoms with Crippen LogP contribution in [0.25, 0.3) is 0 Å². The van der Waals surface area contributed by atoms with Gasteiger partial charge in [0.25, 0.3) is 0 Å². The van der Waals surface area contributed by atoms with E-state index < -0.39 is 6.09 Å². The highest BCUT2D eigenvalue weighted by molar-refractivity contribution is 8.00. The molecule has 0 spiro atoms. The third-order valence-corrected chi connectivity index (χ3v) is 5.71. The van der Waals surface area contributed by atoms with Crippen LogP contribution in [0, 0.1) is 0 Å². The van der Waals surface area contributed by atoms with E-state index in [1.165, 1.54) is 0 Å². The molecule has 2 N–H and O–H groups in total. The van der Waals surface area contributed by atoms with E-state index in [1.807, 2.05) is 23.1 Å². The summed E-state index contributed by atoms with van der Waals surface area (Å²) in [5.74, 6) is 1.33. The average molecular weight is 365 g/mol. The summed E-state index contributed by atoms with van der Waals surface area (Å²) in [6.07, 6.45) is 0.654. The number of hydrogen-bond acceptors (Lipinski definition) is 5. The number of thioether (sulfide) groups is 1. The highest BCUT2D eigenvalue weighted by atomic mass is 32.2. The first-order valence-electron chi connectivity index (χ1n) is 8.40. The number of nitrogens with one attached hydrogen (secondary N) is 1. The second kappa shape index (κ2) is 7.97. The fraction of sp³-hybridized carbons (Fsp3) is 0.529. The highest BCUT2D eigenvalue weighted by Crippen LogP contribution is 2.37. The number of anilines is 1. The van der Waals surface area contributed by atoms with Crippen LogP contribution in [-0.4, -0.2) is 67.1 Å². The smallest absolute Gasteiger partial charge is 0.404 e. The number of ether oxygens (including phenoxy) is 1. The summed E-state index contributed by atoms with van der Waals surface area (Å²) in [4.78, 5) is 28.3. The van der Waals surface area contributed by atoms with Crippen molar-refractivity contribution < 1.29 is 19.4 Å². The van der Waals surface area contributed by atoms with Gasteiger partial charge in [-0.15, -0.1) is 11.8 Å². The molecule has 0 aromatic heterocycles. The molecule has 2 heterocycles. The van der Waals surface area contributed by atoms with E-state index in [1.54, 1.807) is 18.9 Å². The van der Waals surface area contributed by atoms with E-state index in [0.717, 1.165) is 48.8 Å². The van der Waals surface area contributed by atoms with Gasteiger partial charge in [0.05, 0.1) is 18.6 Å². The van der Waals surface area contributed by atoms with Gasteiger partial charge in [-0.3, -0.25) is 4.79 Å². The van der Waals surface area contributed by atoms with E-state index in [4.69, 9.17) is 9.84 Å². The molecule has 136 valence electrons. The Labute approximate surface area is 151 Å². The van der Waals surface area contributed by atoms with Gasteiger partial charge in [-0.1, -0.05) is 0 Å². The lowest BCUT2D eigenvalue weighted by atomic mass is 10.1. The molecule has 0 radical (unpaired) electrons. The Morgan fingerprint density at radius 1 is 1.36 bits per heavy atom. The topological polar surface area (TPSA) is 82.1 Å². The zero-order valence-electron chi connectivity index (χ0n) is 14.2. The van der Waals surface area contributed by atoms with Crippen molar-refractivity contribution in [3.63, 3.8) is 0 Å². The zero-order chi connectivity index (χ0) is 17.8. The van der Waals surface area contributed by atoms with Gasteiger partial charge < -0.3 is 25.0 Å². The number of hydrogen-bond donors (Lipinski definition) is 2. The Morgan fingerprint density at radius 2 is 2.12 bits per heavy atom.